The third-order valence-corrected chi connectivity index (χ3v) is 4.56. The van der Waals surface area contributed by atoms with Gasteiger partial charge in [0.25, 0.3) is 5.91 Å². The van der Waals surface area contributed by atoms with Crippen LogP contribution in [0.25, 0.3) is 0 Å². The second kappa shape index (κ2) is 4.85. The van der Waals surface area contributed by atoms with Crippen molar-refractivity contribution in [1.82, 2.24) is 9.88 Å². The van der Waals surface area contributed by atoms with E-state index in [9.17, 15) is 4.79 Å². The fraction of sp³-hybridized carbons (Fsp3) is 0.667. The number of anilines is 1. The minimum Gasteiger partial charge on any atom is -0.376 e. The molecule has 3 rings (SSSR count). The monoisotopic (exact) mass is 267 g/mol. The van der Waals surface area contributed by atoms with Crippen molar-refractivity contribution in [1.29, 1.82) is 0 Å². The van der Waals surface area contributed by atoms with Crippen LogP contribution in [-0.4, -0.2) is 48.6 Å². The Balaban J connectivity index is 1.74. The lowest BCUT2D eigenvalue weighted by molar-refractivity contribution is 0.0514. The minimum atomic E-state index is 0.116. The number of hydrogen-bond donors (Lipinski definition) is 1. The largest absolute Gasteiger partial charge is 0.376 e. The highest BCUT2D eigenvalue weighted by Gasteiger charge is 2.30. The SMILES string of the molecule is CNc1nc2c(s1)C(=O)N(CC1CCCO1)CC2. The summed E-state index contributed by atoms with van der Waals surface area (Å²) < 4.78 is 5.60. The molecule has 1 unspecified atom stereocenters. The first-order chi connectivity index (χ1) is 8.78. The van der Waals surface area contributed by atoms with Gasteiger partial charge in [0.15, 0.2) is 5.13 Å². The van der Waals surface area contributed by atoms with E-state index in [0.717, 1.165) is 54.7 Å². The van der Waals surface area contributed by atoms with Crippen molar-refractivity contribution in [2.24, 2.45) is 0 Å². The number of nitrogens with zero attached hydrogens (tertiary/aromatic N) is 2. The molecule has 1 aromatic rings. The zero-order chi connectivity index (χ0) is 12.5. The molecule has 0 radical (unpaired) electrons. The van der Waals surface area contributed by atoms with Crippen LogP contribution in [-0.2, 0) is 11.2 Å². The van der Waals surface area contributed by atoms with Crippen LogP contribution in [0, 0.1) is 0 Å². The average Bonchev–Trinajstić information content (AvgIpc) is 3.02. The van der Waals surface area contributed by atoms with Gasteiger partial charge in [-0.3, -0.25) is 4.79 Å². The fourth-order valence-corrected chi connectivity index (χ4v) is 3.42. The van der Waals surface area contributed by atoms with Gasteiger partial charge in [-0.15, -0.1) is 0 Å². The van der Waals surface area contributed by atoms with E-state index in [-0.39, 0.29) is 12.0 Å². The molecule has 0 saturated carbocycles. The summed E-state index contributed by atoms with van der Waals surface area (Å²) in [5.74, 6) is 0.116. The maximum absolute atomic E-state index is 12.3. The summed E-state index contributed by atoms with van der Waals surface area (Å²) >= 11 is 1.45. The molecule has 2 aliphatic rings. The van der Waals surface area contributed by atoms with Gasteiger partial charge in [0, 0.05) is 33.2 Å². The summed E-state index contributed by atoms with van der Waals surface area (Å²) in [5, 5.41) is 3.83. The molecule has 3 heterocycles. The van der Waals surface area contributed by atoms with Crippen molar-refractivity contribution < 1.29 is 9.53 Å². The van der Waals surface area contributed by atoms with Gasteiger partial charge in [-0.05, 0) is 12.8 Å². The number of thiazole rings is 1. The predicted octanol–water partition coefficient (Wildman–Crippen LogP) is 1.36. The highest BCUT2D eigenvalue weighted by Crippen LogP contribution is 2.28. The second-order valence-corrected chi connectivity index (χ2v) is 5.68. The average molecular weight is 267 g/mol. The number of carbonyl (C=O) groups excluding carboxylic acids is 1. The van der Waals surface area contributed by atoms with Gasteiger partial charge in [0.2, 0.25) is 0 Å². The molecule has 1 aromatic heterocycles. The topological polar surface area (TPSA) is 54.5 Å². The smallest absolute Gasteiger partial charge is 0.266 e. The van der Waals surface area contributed by atoms with Gasteiger partial charge < -0.3 is 15.0 Å². The lowest BCUT2D eigenvalue weighted by atomic mass is 10.1. The summed E-state index contributed by atoms with van der Waals surface area (Å²) in [6, 6.07) is 0. The number of ether oxygens (including phenoxy) is 1. The normalized spacial score (nSPS) is 23.3. The van der Waals surface area contributed by atoms with Crippen LogP contribution in [0.3, 0.4) is 0 Å². The molecule has 0 bridgehead atoms. The first-order valence-electron chi connectivity index (χ1n) is 6.36. The third kappa shape index (κ3) is 2.10. The van der Waals surface area contributed by atoms with Gasteiger partial charge >= 0.3 is 0 Å². The first kappa shape index (κ1) is 11.9. The van der Waals surface area contributed by atoms with Gasteiger partial charge in [-0.2, -0.15) is 0 Å². The third-order valence-electron chi connectivity index (χ3n) is 3.46. The molecule has 5 nitrogen and oxygen atoms in total. The van der Waals surface area contributed by atoms with Crippen molar-refractivity contribution >= 4 is 22.4 Å². The Hall–Kier alpha value is -1.14. The van der Waals surface area contributed by atoms with E-state index >= 15 is 0 Å². The Bertz CT molecular complexity index is 454. The summed E-state index contributed by atoms with van der Waals surface area (Å²) in [6.07, 6.45) is 3.27. The molecule has 0 aliphatic carbocycles. The molecule has 1 saturated heterocycles. The van der Waals surface area contributed by atoms with E-state index in [1.807, 2.05) is 11.9 Å². The molecule has 1 fully saturated rings. The van der Waals surface area contributed by atoms with Crippen LogP contribution in [0.4, 0.5) is 5.13 Å². The van der Waals surface area contributed by atoms with Gasteiger partial charge in [-0.1, -0.05) is 11.3 Å². The summed E-state index contributed by atoms with van der Waals surface area (Å²) in [6.45, 7) is 2.33. The van der Waals surface area contributed by atoms with Crippen LogP contribution in [0.5, 0.6) is 0 Å². The summed E-state index contributed by atoms with van der Waals surface area (Å²) in [5.41, 5.74) is 0.943. The van der Waals surface area contributed by atoms with E-state index < -0.39 is 0 Å². The zero-order valence-corrected chi connectivity index (χ0v) is 11.3. The van der Waals surface area contributed by atoms with E-state index in [0.29, 0.717) is 0 Å². The maximum Gasteiger partial charge on any atom is 0.266 e. The molecule has 98 valence electrons. The number of rotatable bonds is 3. The van der Waals surface area contributed by atoms with Crippen LogP contribution in [0.2, 0.25) is 0 Å². The molecular weight excluding hydrogens is 250 g/mol. The number of aromatic nitrogens is 1. The number of fused-ring (bicyclic) bond motifs is 1. The van der Waals surface area contributed by atoms with Crippen LogP contribution < -0.4 is 5.32 Å². The van der Waals surface area contributed by atoms with Gasteiger partial charge in [0.05, 0.1) is 11.8 Å². The minimum absolute atomic E-state index is 0.116. The van der Waals surface area contributed by atoms with Gasteiger partial charge in [-0.25, -0.2) is 4.98 Å². The molecule has 1 atom stereocenters. The lowest BCUT2D eigenvalue weighted by Crippen LogP contribution is -2.41. The molecule has 2 aliphatic heterocycles. The van der Waals surface area contributed by atoms with Crippen LogP contribution in [0.15, 0.2) is 0 Å². The van der Waals surface area contributed by atoms with Gasteiger partial charge in [0.1, 0.15) is 4.88 Å². The summed E-state index contributed by atoms with van der Waals surface area (Å²) in [7, 11) is 1.83. The highest BCUT2D eigenvalue weighted by atomic mass is 32.1. The van der Waals surface area contributed by atoms with Crippen LogP contribution >= 0.6 is 11.3 Å². The summed E-state index contributed by atoms with van der Waals surface area (Å²) in [4.78, 5) is 19.5. The second-order valence-electron chi connectivity index (χ2n) is 4.68. The predicted molar refractivity (Wildman–Crippen MR) is 70.2 cm³/mol. The van der Waals surface area contributed by atoms with Crippen molar-refractivity contribution in [2.75, 3.05) is 32.1 Å². The van der Waals surface area contributed by atoms with E-state index in [1.54, 1.807) is 0 Å². The first-order valence-corrected chi connectivity index (χ1v) is 7.18. The number of hydrogen-bond acceptors (Lipinski definition) is 5. The Kier molecular flexibility index (Phi) is 3.22. The number of amides is 1. The Morgan fingerprint density at radius 2 is 2.50 bits per heavy atom. The quantitative estimate of drug-likeness (QED) is 0.898. The molecule has 0 aromatic carbocycles. The standard InChI is InChI=1S/C12H17N3O2S/c1-13-12-14-9-4-5-15(11(16)10(9)18-12)7-8-3-2-6-17-8/h8H,2-7H2,1H3,(H,13,14). The molecule has 1 N–H and O–H groups in total. The van der Waals surface area contributed by atoms with E-state index in [4.69, 9.17) is 4.74 Å². The fourth-order valence-electron chi connectivity index (χ4n) is 2.49. The molecule has 1 amide bonds. The number of nitrogens with one attached hydrogen (secondary N) is 1. The lowest BCUT2D eigenvalue weighted by Gasteiger charge is -2.28. The van der Waals surface area contributed by atoms with Crippen molar-refractivity contribution in [2.45, 2.75) is 25.4 Å². The Labute approximate surface area is 110 Å². The van der Waals surface area contributed by atoms with Crippen molar-refractivity contribution in [3.63, 3.8) is 0 Å². The Morgan fingerprint density at radius 1 is 1.61 bits per heavy atom. The van der Waals surface area contributed by atoms with Crippen molar-refractivity contribution in [3.05, 3.63) is 10.6 Å². The zero-order valence-electron chi connectivity index (χ0n) is 10.4. The highest BCUT2D eigenvalue weighted by molar-refractivity contribution is 7.17. The molecular formula is C12H17N3O2S. The molecule has 6 heteroatoms. The van der Waals surface area contributed by atoms with Crippen molar-refractivity contribution in [3.8, 4) is 0 Å². The Morgan fingerprint density at radius 3 is 3.22 bits per heavy atom. The maximum atomic E-state index is 12.3. The number of carbonyl (C=O) groups is 1. The molecule has 0 spiro atoms. The molecule has 18 heavy (non-hydrogen) atoms. The van der Waals surface area contributed by atoms with Crippen LogP contribution in [0.1, 0.15) is 28.2 Å². The van der Waals surface area contributed by atoms with E-state index in [2.05, 4.69) is 10.3 Å². The van der Waals surface area contributed by atoms with E-state index in [1.165, 1.54) is 11.3 Å².